The van der Waals surface area contributed by atoms with Crippen molar-refractivity contribution in [1.29, 1.82) is 0 Å². The average Bonchev–Trinajstić information content (AvgIpc) is 2.14. The van der Waals surface area contributed by atoms with Gasteiger partial charge >= 0.3 is 0 Å². The molecule has 1 saturated carbocycles. The molecule has 0 radical (unpaired) electrons. The highest BCUT2D eigenvalue weighted by molar-refractivity contribution is 5.91. The van der Waals surface area contributed by atoms with Crippen LogP contribution in [-0.4, -0.2) is 11.6 Å². The van der Waals surface area contributed by atoms with Crippen LogP contribution in [0.5, 0.6) is 0 Å². The van der Waals surface area contributed by atoms with Gasteiger partial charge in [0.15, 0.2) is 0 Å². The largest absolute Gasteiger partial charge is 0.300 e. The lowest BCUT2D eigenvalue weighted by Gasteiger charge is -2.35. The Morgan fingerprint density at radius 1 is 1.06 bits per heavy atom. The first-order chi connectivity index (χ1) is 7.23. The van der Waals surface area contributed by atoms with E-state index < -0.39 is 0 Å². The highest BCUT2D eigenvalue weighted by Crippen LogP contribution is 2.38. The Kier molecular flexibility index (Phi) is 3.92. The summed E-state index contributed by atoms with van der Waals surface area (Å²) >= 11 is 0. The monoisotopic (exact) mass is 224 g/mol. The predicted molar refractivity (Wildman–Crippen MR) is 65.1 cm³/mol. The van der Waals surface area contributed by atoms with Crippen molar-refractivity contribution in [3.8, 4) is 0 Å². The summed E-state index contributed by atoms with van der Waals surface area (Å²) in [6, 6.07) is 0. The van der Waals surface area contributed by atoms with Crippen molar-refractivity contribution in [2.24, 2.45) is 23.2 Å². The molecule has 3 unspecified atom stereocenters. The third-order valence-electron chi connectivity index (χ3n) is 3.71. The van der Waals surface area contributed by atoms with E-state index in [4.69, 9.17) is 0 Å². The van der Waals surface area contributed by atoms with Crippen LogP contribution in [0.15, 0.2) is 0 Å². The first-order valence-corrected chi connectivity index (χ1v) is 6.28. The molecule has 0 N–H and O–H groups in total. The van der Waals surface area contributed by atoms with E-state index >= 15 is 0 Å². The van der Waals surface area contributed by atoms with Crippen LogP contribution in [0, 0.1) is 23.2 Å². The molecule has 0 spiro atoms. The van der Waals surface area contributed by atoms with Gasteiger partial charge in [-0.1, -0.05) is 27.7 Å². The molecule has 1 rings (SSSR count). The Morgan fingerprint density at radius 3 is 2.06 bits per heavy atom. The molecule has 0 saturated heterocycles. The zero-order chi connectivity index (χ0) is 12.5. The lowest BCUT2D eigenvalue weighted by atomic mass is 9.67. The molecular weight excluding hydrogens is 200 g/mol. The Bertz CT molecular complexity index is 286. The van der Waals surface area contributed by atoms with Crippen molar-refractivity contribution in [1.82, 2.24) is 0 Å². The van der Waals surface area contributed by atoms with Crippen molar-refractivity contribution < 1.29 is 9.59 Å². The number of rotatable bonds is 2. The average molecular weight is 224 g/mol. The molecule has 0 heterocycles. The molecule has 16 heavy (non-hydrogen) atoms. The molecule has 0 bridgehead atoms. The molecule has 92 valence electrons. The minimum Gasteiger partial charge on any atom is -0.300 e. The van der Waals surface area contributed by atoms with Gasteiger partial charge in [0.2, 0.25) is 0 Å². The van der Waals surface area contributed by atoms with Gasteiger partial charge in [-0.3, -0.25) is 9.59 Å². The Balaban J connectivity index is 2.87. The summed E-state index contributed by atoms with van der Waals surface area (Å²) in [4.78, 5) is 23.9. The fraction of sp³-hybridized carbons (Fsp3) is 0.857. The summed E-state index contributed by atoms with van der Waals surface area (Å²) in [5.41, 5.74) is -0.324. The van der Waals surface area contributed by atoms with Gasteiger partial charge in [0.05, 0.1) is 0 Å². The van der Waals surface area contributed by atoms with Crippen LogP contribution in [0.2, 0.25) is 0 Å². The number of ketones is 2. The topological polar surface area (TPSA) is 34.1 Å². The summed E-state index contributed by atoms with van der Waals surface area (Å²) in [5, 5.41) is 0. The van der Waals surface area contributed by atoms with Crippen LogP contribution in [0.25, 0.3) is 0 Å². The summed E-state index contributed by atoms with van der Waals surface area (Å²) in [5.74, 6) is 0.963. The maximum absolute atomic E-state index is 12.3. The molecular formula is C14H24O2. The van der Waals surface area contributed by atoms with Crippen molar-refractivity contribution in [2.45, 2.75) is 53.9 Å². The predicted octanol–water partition coefficient (Wildman–Crippen LogP) is 3.24. The van der Waals surface area contributed by atoms with Gasteiger partial charge in [-0.25, -0.2) is 0 Å². The first kappa shape index (κ1) is 13.4. The van der Waals surface area contributed by atoms with E-state index in [0.717, 1.165) is 19.3 Å². The van der Waals surface area contributed by atoms with Crippen LogP contribution in [0.1, 0.15) is 53.9 Å². The van der Waals surface area contributed by atoms with Crippen LogP contribution in [-0.2, 0) is 9.59 Å². The number of hydrogen-bond acceptors (Lipinski definition) is 2. The summed E-state index contributed by atoms with van der Waals surface area (Å²) < 4.78 is 0. The lowest BCUT2D eigenvalue weighted by Crippen LogP contribution is -2.39. The Morgan fingerprint density at radius 2 is 1.62 bits per heavy atom. The quantitative estimate of drug-likeness (QED) is 0.721. The molecule has 1 fully saturated rings. The van der Waals surface area contributed by atoms with Gasteiger partial charge in [0, 0.05) is 17.3 Å². The smallest absolute Gasteiger partial charge is 0.141 e. The molecule has 0 aromatic carbocycles. The summed E-state index contributed by atoms with van der Waals surface area (Å²) in [6.07, 6.45) is 2.86. The maximum Gasteiger partial charge on any atom is 0.141 e. The van der Waals surface area contributed by atoms with E-state index in [1.807, 2.05) is 20.8 Å². The first-order valence-electron chi connectivity index (χ1n) is 6.28. The van der Waals surface area contributed by atoms with Crippen LogP contribution >= 0.6 is 0 Å². The highest BCUT2D eigenvalue weighted by Gasteiger charge is 2.40. The minimum atomic E-state index is -0.324. The van der Waals surface area contributed by atoms with Crippen LogP contribution in [0.3, 0.4) is 0 Å². The van der Waals surface area contributed by atoms with Crippen LogP contribution in [0.4, 0.5) is 0 Å². The highest BCUT2D eigenvalue weighted by atomic mass is 16.1. The Labute approximate surface area is 98.8 Å². The second-order valence-electron chi connectivity index (χ2n) is 6.36. The maximum atomic E-state index is 12.3. The van der Waals surface area contributed by atoms with Gasteiger partial charge in [0.25, 0.3) is 0 Å². The van der Waals surface area contributed by atoms with Crippen molar-refractivity contribution in [2.75, 3.05) is 0 Å². The summed E-state index contributed by atoms with van der Waals surface area (Å²) in [6.45, 7) is 9.66. The van der Waals surface area contributed by atoms with Gasteiger partial charge in [0.1, 0.15) is 11.6 Å². The van der Waals surface area contributed by atoms with E-state index in [0.29, 0.717) is 5.92 Å². The van der Waals surface area contributed by atoms with Gasteiger partial charge in [-0.2, -0.15) is 0 Å². The SMILES string of the molecule is CC(=O)C1CCC(C)CC1C(=O)C(C)(C)C. The zero-order valence-corrected chi connectivity index (χ0v) is 11.2. The second-order valence-corrected chi connectivity index (χ2v) is 6.36. The van der Waals surface area contributed by atoms with E-state index in [-0.39, 0.29) is 28.8 Å². The van der Waals surface area contributed by atoms with E-state index in [1.165, 1.54) is 0 Å². The van der Waals surface area contributed by atoms with E-state index in [9.17, 15) is 9.59 Å². The molecule has 0 aromatic heterocycles. The van der Waals surface area contributed by atoms with Crippen molar-refractivity contribution >= 4 is 11.6 Å². The standard InChI is InChI=1S/C14H24O2/c1-9-6-7-11(10(2)15)12(8-9)13(16)14(3,4)5/h9,11-12H,6-8H2,1-5H3. The molecule has 1 aliphatic rings. The van der Waals surface area contributed by atoms with Crippen LogP contribution < -0.4 is 0 Å². The molecule has 0 aromatic rings. The van der Waals surface area contributed by atoms with Gasteiger partial charge in [-0.15, -0.1) is 0 Å². The molecule has 2 heteroatoms. The normalized spacial score (nSPS) is 31.2. The molecule has 2 nitrogen and oxygen atoms in total. The fourth-order valence-electron chi connectivity index (χ4n) is 2.71. The third-order valence-corrected chi connectivity index (χ3v) is 3.71. The van der Waals surface area contributed by atoms with Gasteiger partial charge < -0.3 is 0 Å². The molecule has 0 aliphatic heterocycles. The Hall–Kier alpha value is -0.660. The van der Waals surface area contributed by atoms with Gasteiger partial charge in [-0.05, 0) is 32.1 Å². The number of hydrogen-bond donors (Lipinski definition) is 0. The lowest BCUT2D eigenvalue weighted by molar-refractivity contribution is -0.139. The van der Waals surface area contributed by atoms with Crippen molar-refractivity contribution in [3.05, 3.63) is 0 Å². The molecule has 0 amide bonds. The molecule has 1 aliphatic carbocycles. The number of carbonyl (C=O) groups is 2. The summed E-state index contributed by atoms with van der Waals surface area (Å²) in [7, 11) is 0. The third kappa shape index (κ3) is 2.93. The number of Topliss-reactive ketones (excluding diaryl/α,β-unsaturated/α-hetero) is 2. The fourth-order valence-corrected chi connectivity index (χ4v) is 2.71. The molecule has 3 atom stereocenters. The number of carbonyl (C=O) groups excluding carboxylic acids is 2. The van der Waals surface area contributed by atoms with Crippen molar-refractivity contribution in [3.63, 3.8) is 0 Å². The zero-order valence-electron chi connectivity index (χ0n) is 11.2. The second kappa shape index (κ2) is 4.68. The van der Waals surface area contributed by atoms with E-state index in [1.54, 1.807) is 6.92 Å². The minimum absolute atomic E-state index is 0.0251. The van der Waals surface area contributed by atoms with E-state index in [2.05, 4.69) is 6.92 Å².